The second kappa shape index (κ2) is 8.23. The maximum Gasteiger partial charge on any atom is 0.389 e. The molecule has 1 N–H and O–H groups in total. The number of hydrogen-bond donors (Lipinski definition) is 1. The minimum atomic E-state index is -4.05. The van der Waals surface area contributed by atoms with Crippen molar-refractivity contribution in [2.75, 3.05) is 13.7 Å². The van der Waals surface area contributed by atoms with Crippen molar-refractivity contribution in [2.24, 2.45) is 0 Å². The van der Waals surface area contributed by atoms with Gasteiger partial charge in [-0.2, -0.15) is 13.2 Å². The molecule has 0 aromatic carbocycles. The van der Waals surface area contributed by atoms with Crippen molar-refractivity contribution in [1.82, 2.24) is 5.32 Å². The first-order valence-corrected chi connectivity index (χ1v) is 7.79. The third kappa shape index (κ3) is 5.60. The van der Waals surface area contributed by atoms with Gasteiger partial charge in [-0.15, -0.1) is 0 Å². The number of nitrogens with one attached hydrogen (secondary N) is 1. The predicted molar refractivity (Wildman–Crippen MR) is 74.8 cm³/mol. The predicted octanol–water partition coefficient (Wildman–Crippen LogP) is 4.44. The summed E-state index contributed by atoms with van der Waals surface area (Å²) in [6.07, 6.45) is 2.27. The van der Waals surface area contributed by atoms with Gasteiger partial charge in [0.05, 0.1) is 5.60 Å². The first-order valence-electron chi connectivity index (χ1n) is 7.79. The molecule has 1 aliphatic carbocycles. The number of alkyl halides is 3. The van der Waals surface area contributed by atoms with E-state index in [9.17, 15) is 13.2 Å². The fourth-order valence-corrected chi connectivity index (χ4v) is 3.22. The quantitative estimate of drug-likeness (QED) is 0.715. The van der Waals surface area contributed by atoms with Crippen LogP contribution in [0.4, 0.5) is 13.2 Å². The first kappa shape index (κ1) is 17.8. The highest BCUT2D eigenvalue weighted by Crippen LogP contribution is 2.36. The molecule has 1 rings (SSSR count). The Kier molecular flexibility index (Phi) is 7.30. The molecule has 20 heavy (non-hydrogen) atoms. The Morgan fingerprint density at radius 3 is 2.35 bits per heavy atom. The second-order valence-electron chi connectivity index (χ2n) is 5.84. The maximum absolute atomic E-state index is 12.3. The van der Waals surface area contributed by atoms with Crippen molar-refractivity contribution in [3.8, 4) is 0 Å². The van der Waals surface area contributed by atoms with Crippen molar-refractivity contribution >= 4 is 0 Å². The van der Waals surface area contributed by atoms with E-state index in [0.717, 1.165) is 38.6 Å². The zero-order valence-electron chi connectivity index (χ0n) is 12.7. The topological polar surface area (TPSA) is 21.3 Å². The zero-order chi connectivity index (χ0) is 15.1. The maximum atomic E-state index is 12.3. The van der Waals surface area contributed by atoms with E-state index in [4.69, 9.17) is 4.74 Å². The molecule has 0 amide bonds. The van der Waals surface area contributed by atoms with E-state index in [1.807, 2.05) is 0 Å². The van der Waals surface area contributed by atoms with Crippen LogP contribution in [0.1, 0.15) is 64.7 Å². The van der Waals surface area contributed by atoms with Crippen molar-refractivity contribution < 1.29 is 17.9 Å². The summed E-state index contributed by atoms with van der Waals surface area (Å²) >= 11 is 0. The van der Waals surface area contributed by atoms with Crippen LogP contribution in [-0.4, -0.2) is 31.5 Å². The van der Waals surface area contributed by atoms with E-state index < -0.39 is 12.6 Å². The molecule has 0 heterocycles. The van der Waals surface area contributed by atoms with Gasteiger partial charge < -0.3 is 10.1 Å². The Morgan fingerprint density at radius 2 is 1.85 bits per heavy atom. The molecule has 0 aromatic rings. The summed E-state index contributed by atoms with van der Waals surface area (Å²) in [7, 11) is 1.70. The summed E-state index contributed by atoms with van der Waals surface area (Å²) in [4.78, 5) is 0. The van der Waals surface area contributed by atoms with Gasteiger partial charge in [0, 0.05) is 19.6 Å². The van der Waals surface area contributed by atoms with Gasteiger partial charge in [0.25, 0.3) is 0 Å². The number of halogens is 3. The first-order chi connectivity index (χ1) is 9.43. The van der Waals surface area contributed by atoms with Gasteiger partial charge in [-0.1, -0.05) is 26.2 Å². The Bertz CT molecular complexity index is 262. The molecule has 0 saturated heterocycles. The standard InChI is InChI=1S/C15H28F3NO/c1-3-12-19-13(8-7-11-15(16,17)18)14(20-2)9-5-4-6-10-14/h13,19H,3-12H2,1-2H3. The van der Waals surface area contributed by atoms with Gasteiger partial charge in [0.15, 0.2) is 0 Å². The van der Waals surface area contributed by atoms with E-state index in [0.29, 0.717) is 6.42 Å². The van der Waals surface area contributed by atoms with E-state index >= 15 is 0 Å². The summed E-state index contributed by atoms with van der Waals surface area (Å²) in [5.41, 5.74) is -0.265. The molecule has 1 fully saturated rings. The van der Waals surface area contributed by atoms with E-state index in [1.54, 1.807) is 7.11 Å². The summed E-state index contributed by atoms with van der Waals surface area (Å²) in [6, 6.07) is 0.0371. The van der Waals surface area contributed by atoms with Crippen LogP contribution in [0.3, 0.4) is 0 Å². The molecular formula is C15H28F3NO. The molecule has 1 aliphatic rings. The Hall–Kier alpha value is -0.290. The average molecular weight is 295 g/mol. The molecule has 0 spiro atoms. The van der Waals surface area contributed by atoms with Crippen LogP contribution in [0.15, 0.2) is 0 Å². The largest absolute Gasteiger partial charge is 0.389 e. The Balaban J connectivity index is 2.60. The third-order valence-electron chi connectivity index (χ3n) is 4.34. The van der Waals surface area contributed by atoms with E-state index in [2.05, 4.69) is 12.2 Å². The molecule has 2 nitrogen and oxygen atoms in total. The fraction of sp³-hybridized carbons (Fsp3) is 1.00. The lowest BCUT2D eigenvalue weighted by Gasteiger charge is -2.43. The molecule has 1 unspecified atom stereocenters. The molecule has 5 heteroatoms. The lowest BCUT2D eigenvalue weighted by atomic mass is 9.77. The van der Waals surface area contributed by atoms with Gasteiger partial charge in [0.2, 0.25) is 0 Å². The van der Waals surface area contributed by atoms with Crippen LogP contribution in [0, 0.1) is 0 Å². The Labute approximate surface area is 120 Å². The van der Waals surface area contributed by atoms with Crippen molar-refractivity contribution in [1.29, 1.82) is 0 Å². The normalized spacial score (nSPS) is 20.9. The van der Waals surface area contributed by atoms with E-state index in [-0.39, 0.29) is 18.1 Å². The summed E-state index contributed by atoms with van der Waals surface area (Å²) in [6.45, 7) is 2.90. The lowest BCUT2D eigenvalue weighted by molar-refractivity contribution is -0.137. The summed E-state index contributed by atoms with van der Waals surface area (Å²) < 4.78 is 42.8. The number of hydrogen-bond acceptors (Lipinski definition) is 2. The van der Waals surface area contributed by atoms with Gasteiger partial charge in [0.1, 0.15) is 0 Å². The second-order valence-corrected chi connectivity index (χ2v) is 5.84. The molecule has 1 atom stereocenters. The van der Waals surface area contributed by atoms with Crippen LogP contribution >= 0.6 is 0 Å². The van der Waals surface area contributed by atoms with Crippen molar-refractivity contribution in [3.63, 3.8) is 0 Å². The van der Waals surface area contributed by atoms with Gasteiger partial charge >= 0.3 is 6.18 Å². The summed E-state index contributed by atoms with van der Waals surface area (Å²) in [5.74, 6) is 0. The zero-order valence-corrected chi connectivity index (χ0v) is 12.7. The molecule has 0 aliphatic heterocycles. The van der Waals surface area contributed by atoms with Crippen LogP contribution in [0.25, 0.3) is 0 Å². The molecular weight excluding hydrogens is 267 g/mol. The van der Waals surface area contributed by atoms with E-state index in [1.165, 1.54) is 6.42 Å². The lowest BCUT2D eigenvalue weighted by Crippen LogP contribution is -2.53. The van der Waals surface area contributed by atoms with Crippen molar-refractivity contribution in [2.45, 2.75) is 82.5 Å². The SMILES string of the molecule is CCCNC(CCCC(F)(F)F)C1(OC)CCCCC1. The summed E-state index contributed by atoms with van der Waals surface area (Å²) in [5, 5.41) is 3.42. The highest BCUT2D eigenvalue weighted by Gasteiger charge is 2.40. The van der Waals surface area contributed by atoms with Crippen molar-refractivity contribution in [3.05, 3.63) is 0 Å². The number of methoxy groups -OCH3 is 1. The minimum absolute atomic E-state index is 0.0371. The smallest absolute Gasteiger partial charge is 0.377 e. The molecule has 0 radical (unpaired) electrons. The number of rotatable bonds is 8. The highest BCUT2D eigenvalue weighted by molar-refractivity contribution is 4.95. The molecule has 0 bridgehead atoms. The Morgan fingerprint density at radius 1 is 1.20 bits per heavy atom. The molecule has 1 saturated carbocycles. The highest BCUT2D eigenvalue weighted by atomic mass is 19.4. The monoisotopic (exact) mass is 295 g/mol. The minimum Gasteiger partial charge on any atom is -0.377 e. The number of ether oxygens (including phenoxy) is 1. The third-order valence-corrected chi connectivity index (χ3v) is 4.34. The van der Waals surface area contributed by atoms with Crippen LogP contribution in [-0.2, 0) is 4.74 Å². The van der Waals surface area contributed by atoms with Gasteiger partial charge in [-0.25, -0.2) is 0 Å². The average Bonchev–Trinajstić information content (AvgIpc) is 2.42. The molecule has 0 aromatic heterocycles. The van der Waals surface area contributed by atoms with Crippen LogP contribution in [0.5, 0.6) is 0 Å². The van der Waals surface area contributed by atoms with Crippen LogP contribution in [0.2, 0.25) is 0 Å². The molecule has 120 valence electrons. The van der Waals surface area contributed by atoms with Crippen LogP contribution < -0.4 is 5.32 Å². The fourth-order valence-electron chi connectivity index (χ4n) is 3.22. The van der Waals surface area contributed by atoms with Gasteiger partial charge in [-0.3, -0.25) is 0 Å². The van der Waals surface area contributed by atoms with Gasteiger partial charge in [-0.05, 0) is 38.6 Å².